The second-order valence-corrected chi connectivity index (χ2v) is 4.36. The van der Waals surface area contributed by atoms with Crippen molar-refractivity contribution in [2.45, 2.75) is 13.3 Å². The van der Waals surface area contributed by atoms with Crippen LogP contribution in [0.2, 0.25) is 0 Å². The van der Waals surface area contributed by atoms with Crippen molar-refractivity contribution in [1.82, 2.24) is 19.5 Å². The predicted octanol–water partition coefficient (Wildman–Crippen LogP) is 1.63. The third-order valence-corrected chi connectivity index (χ3v) is 3.07. The minimum atomic E-state index is 0.558. The number of benzene rings is 1. The molecule has 3 aromatic rings. The molecular formula is C14H15N5. The highest BCUT2D eigenvalue weighted by molar-refractivity contribution is 5.78. The molecule has 5 heteroatoms. The molecule has 0 amide bonds. The molecule has 2 aromatic heterocycles. The lowest BCUT2D eigenvalue weighted by molar-refractivity contribution is 0.824. The molecular weight excluding hydrogens is 238 g/mol. The minimum absolute atomic E-state index is 0.558. The van der Waals surface area contributed by atoms with Gasteiger partial charge < -0.3 is 5.73 Å². The Morgan fingerprint density at radius 2 is 1.95 bits per heavy atom. The van der Waals surface area contributed by atoms with Gasteiger partial charge in [0.25, 0.3) is 0 Å². The predicted molar refractivity (Wildman–Crippen MR) is 74.2 cm³/mol. The number of fused-ring (bicyclic) bond motifs is 1. The Balaban J connectivity index is 2.31. The normalized spacial score (nSPS) is 11.1. The van der Waals surface area contributed by atoms with E-state index in [1.54, 1.807) is 12.4 Å². The molecule has 0 unspecified atom stereocenters. The van der Waals surface area contributed by atoms with Crippen LogP contribution in [0, 0.1) is 6.92 Å². The Kier molecular flexibility index (Phi) is 2.97. The number of aryl methyl sites for hydroxylation is 1. The SMILES string of the molecule is Cc1nccnc1-n1c(CCN)nc2ccccc21. The first kappa shape index (κ1) is 11.8. The molecule has 96 valence electrons. The Hall–Kier alpha value is -2.27. The second kappa shape index (κ2) is 4.78. The zero-order valence-corrected chi connectivity index (χ0v) is 10.7. The highest BCUT2D eigenvalue weighted by atomic mass is 15.1. The van der Waals surface area contributed by atoms with Crippen molar-refractivity contribution in [2.24, 2.45) is 5.73 Å². The molecule has 5 nitrogen and oxygen atoms in total. The van der Waals surface area contributed by atoms with E-state index in [1.807, 2.05) is 35.8 Å². The molecule has 2 N–H and O–H groups in total. The topological polar surface area (TPSA) is 69.6 Å². The number of para-hydroxylation sites is 2. The molecule has 19 heavy (non-hydrogen) atoms. The fraction of sp³-hybridized carbons (Fsp3) is 0.214. The molecule has 2 heterocycles. The molecule has 0 aliphatic heterocycles. The average Bonchev–Trinajstić information content (AvgIpc) is 2.78. The summed E-state index contributed by atoms with van der Waals surface area (Å²) in [4.78, 5) is 13.4. The van der Waals surface area contributed by atoms with Gasteiger partial charge in [-0.15, -0.1) is 0 Å². The summed E-state index contributed by atoms with van der Waals surface area (Å²) in [6.07, 6.45) is 4.11. The lowest BCUT2D eigenvalue weighted by atomic mass is 10.3. The average molecular weight is 253 g/mol. The Labute approximate surface area is 111 Å². The molecule has 0 saturated heterocycles. The van der Waals surface area contributed by atoms with Crippen LogP contribution in [0.15, 0.2) is 36.7 Å². The van der Waals surface area contributed by atoms with Crippen LogP contribution in [-0.4, -0.2) is 26.1 Å². The van der Waals surface area contributed by atoms with E-state index in [9.17, 15) is 0 Å². The van der Waals surface area contributed by atoms with E-state index in [1.165, 1.54) is 0 Å². The minimum Gasteiger partial charge on any atom is -0.330 e. The summed E-state index contributed by atoms with van der Waals surface area (Å²) in [6, 6.07) is 8.02. The molecule has 0 fully saturated rings. The maximum atomic E-state index is 5.68. The van der Waals surface area contributed by atoms with Gasteiger partial charge in [-0.05, 0) is 25.6 Å². The van der Waals surface area contributed by atoms with Crippen molar-refractivity contribution in [2.75, 3.05) is 6.54 Å². The standard InChI is InChI=1S/C14H15N5/c1-10-14(17-9-8-16-10)19-12-5-3-2-4-11(12)18-13(19)6-7-15/h2-5,8-9H,6-7,15H2,1H3. The van der Waals surface area contributed by atoms with Crippen LogP contribution in [0.3, 0.4) is 0 Å². The van der Waals surface area contributed by atoms with Crippen molar-refractivity contribution in [3.63, 3.8) is 0 Å². The molecule has 0 atom stereocenters. The lowest BCUT2D eigenvalue weighted by Gasteiger charge is -2.09. The van der Waals surface area contributed by atoms with Gasteiger partial charge in [0.2, 0.25) is 0 Å². The van der Waals surface area contributed by atoms with Gasteiger partial charge in [-0.3, -0.25) is 9.55 Å². The third-order valence-electron chi connectivity index (χ3n) is 3.07. The highest BCUT2D eigenvalue weighted by Crippen LogP contribution is 2.21. The molecule has 0 aliphatic carbocycles. The first-order valence-electron chi connectivity index (χ1n) is 6.25. The first-order chi connectivity index (χ1) is 9.31. The fourth-order valence-electron chi connectivity index (χ4n) is 2.23. The maximum Gasteiger partial charge on any atom is 0.160 e. The van der Waals surface area contributed by atoms with Gasteiger partial charge in [0.1, 0.15) is 5.82 Å². The first-order valence-corrected chi connectivity index (χ1v) is 6.25. The van der Waals surface area contributed by atoms with Crippen LogP contribution in [0.1, 0.15) is 11.5 Å². The van der Waals surface area contributed by atoms with Crippen molar-refractivity contribution >= 4 is 11.0 Å². The largest absolute Gasteiger partial charge is 0.330 e. The number of hydrogen-bond donors (Lipinski definition) is 1. The number of imidazole rings is 1. The van der Waals surface area contributed by atoms with Crippen LogP contribution in [0.4, 0.5) is 0 Å². The Morgan fingerprint density at radius 3 is 2.74 bits per heavy atom. The van der Waals surface area contributed by atoms with Gasteiger partial charge in [-0.1, -0.05) is 12.1 Å². The molecule has 0 bridgehead atoms. The quantitative estimate of drug-likeness (QED) is 0.770. The van der Waals surface area contributed by atoms with Crippen LogP contribution < -0.4 is 5.73 Å². The van der Waals surface area contributed by atoms with Crippen LogP contribution in [0.5, 0.6) is 0 Å². The van der Waals surface area contributed by atoms with Crippen LogP contribution >= 0.6 is 0 Å². The molecule has 0 aliphatic rings. The summed E-state index contributed by atoms with van der Waals surface area (Å²) < 4.78 is 2.05. The van der Waals surface area contributed by atoms with Gasteiger partial charge in [0.05, 0.1) is 16.7 Å². The van der Waals surface area contributed by atoms with Gasteiger partial charge in [-0.2, -0.15) is 0 Å². The van der Waals surface area contributed by atoms with Gasteiger partial charge in [0, 0.05) is 18.8 Å². The molecule has 0 saturated carbocycles. The van der Waals surface area contributed by atoms with Crippen LogP contribution in [0.25, 0.3) is 16.9 Å². The summed E-state index contributed by atoms with van der Waals surface area (Å²) in [5.41, 5.74) is 8.55. The van der Waals surface area contributed by atoms with E-state index < -0.39 is 0 Å². The fourth-order valence-corrected chi connectivity index (χ4v) is 2.23. The lowest BCUT2D eigenvalue weighted by Crippen LogP contribution is -2.11. The van der Waals surface area contributed by atoms with E-state index >= 15 is 0 Å². The maximum absolute atomic E-state index is 5.68. The molecule has 3 rings (SSSR count). The Bertz CT molecular complexity index is 717. The number of hydrogen-bond acceptors (Lipinski definition) is 4. The van der Waals surface area contributed by atoms with Crippen molar-refractivity contribution < 1.29 is 0 Å². The third kappa shape index (κ3) is 1.98. The van der Waals surface area contributed by atoms with E-state index in [0.717, 1.165) is 28.4 Å². The summed E-state index contributed by atoms with van der Waals surface area (Å²) >= 11 is 0. The monoisotopic (exact) mass is 253 g/mol. The van der Waals surface area contributed by atoms with Crippen LogP contribution in [-0.2, 0) is 6.42 Å². The van der Waals surface area contributed by atoms with Gasteiger partial charge in [0.15, 0.2) is 5.82 Å². The summed E-state index contributed by atoms with van der Waals surface area (Å²) in [7, 11) is 0. The van der Waals surface area contributed by atoms with E-state index in [0.29, 0.717) is 13.0 Å². The van der Waals surface area contributed by atoms with Crippen molar-refractivity contribution in [1.29, 1.82) is 0 Å². The number of aromatic nitrogens is 4. The van der Waals surface area contributed by atoms with Crippen molar-refractivity contribution in [3.05, 3.63) is 48.2 Å². The van der Waals surface area contributed by atoms with Crippen molar-refractivity contribution in [3.8, 4) is 5.82 Å². The van der Waals surface area contributed by atoms with E-state index in [2.05, 4.69) is 15.0 Å². The number of rotatable bonds is 3. The number of nitrogens with zero attached hydrogens (tertiary/aromatic N) is 4. The highest BCUT2D eigenvalue weighted by Gasteiger charge is 2.14. The molecule has 0 radical (unpaired) electrons. The van der Waals surface area contributed by atoms with E-state index in [4.69, 9.17) is 5.73 Å². The Morgan fingerprint density at radius 1 is 1.16 bits per heavy atom. The molecule has 1 aromatic carbocycles. The van der Waals surface area contributed by atoms with E-state index in [-0.39, 0.29) is 0 Å². The smallest absolute Gasteiger partial charge is 0.160 e. The molecule has 0 spiro atoms. The summed E-state index contributed by atoms with van der Waals surface area (Å²) in [6.45, 7) is 2.51. The zero-order valence-electron chi connectivity index (χ0n) is 10.7. The van der Waals surface area contributed by atoms with Gasteiger partial charge in [-0.25, -0.2) is 9.97 Å². The number of nitrogens with two attached hydrogens (primary N) is 1. The zero-order chi connectivity index (χ0) is 13.2. The summed E-state index contributed by atoms with van der Waals surface area (Å²) in [5.74, 6) is 1.74. The summed E-state index contributed by atoms with van der Waals surface area (Å²) in [5, 5.41) is 0. The van der Waals surface area contributed by atoms with Gasteiger partial charge >= 0.3 is 0 Å². The second-order valence-electron chi connectivity index (χ2n) is 4.36.